The number of hydrogen-bond acceptors (Lipinski definition) is 4. The fraction of sp³-hybridized carbons (Fsp3) is 0.350. The molecule has 1 aromatic carbocycles. The number of benzene rings is 1. The summed E-state index contributed by atoms with van der Waals surface area (Å²) in [5.74, 6) is 0.488. The summed E-state index contributed by atoms with van der Waals surface area (Å²) in [5.41, 5.74) is 4.14. The minimum absolute atomic E-state index is 0.126. The Morgan fingerprint density at radius 1 is 1.19 bits per heavy atom. The van der Waals surface area contributed by atoms with Crippen molar-refractivity contribution >= 4 is 17.5 Å². The molecule has 0 N–H and O–H groups in total. The third kappa shape index (κ3) is 3.90. The van der Waals surface area contributed by atoms with Gasteiger partial charge >= 0.3 is 0 Å². The summed E-state index contributed by atoms with van der Waals surface area (Å²) in [5, 5.41) is 8.86. The van der Waals surface area contributed by atoms with Gasteiger partial charge in [0.2, 0.25) is 0 Å². The second-order valence-electron chi connectivity index (χ2n) is 6.68. The Bertz CT molecular complexity index is 896. The van der Waals surface area contributed by atoms with Crippen LogP contribution in [-0.4, -0.2) is 30.9 Å². The molecular formula is C20H24N4OS. The number of Topliss-reactive ketones (excluding diaryl/α,β-unsaturated/α-hetero) is 1. The minimum atomic E-state index is 0.126. The molecule has 0 unspecified atom stereocenters. The van der Waals surface area contributed by atoms with Crippen molar-refractivity contribution in [2.75, 3.05) is 5.75 Å². The van der Waals surface area contributed by atoms with Crippen LogP contribution in [0.5, 0.6) is 0 Å². The van der Waals surface area contributed by atoms with Crippen molar-refractivity contribution in [2.45, 2.75) is 45.4 Å². The highest BCUT2D eigenvalue weighted by molar-refractivity contribution is 7.99. The molecule has 6 heteroatoms. The molecule has 0 saturated carbocycles. The second kappa shape index (κ2) is 7.91. The molecule has 0 aliphatic heterocycles. The zero-order chi connectivity index (χ0) is 18.7. The highest BCUT2D eigenvalue weighted by Crippen LogP contribution is 2.23. The second-order valence-corrected chi connectivity index (χ2v) is 7.63. The molecular weight excluding hydrogens is 344 g/mol. The van der Waals surface area contributed by atoms with E-state index in [1.165, 1.54) is 17.3 Å². The lowest BCUT2D eigenvalue weighted by Gasteiger charge is -2.10. The zero-order valence-electron chi connectivity index (χ0n) is 15.6. The Morgan fingerprint density at radius 3 is 2.62 bits per heavy atom. The summed E-state index contributed by atoms with van der Waals surface area (Å²) in [6.07, 6.45) is 1.71. The molecule has 0 amide bonds. The molecule has 0 atom stereocenters. The molecule has 0 aliphatic carbocycles. The largest absolute Gasteiger partial charge is 0.344 e. The standard InChI is InChI=1S/C20H24N4OS/c1-14(2)24-13-21-22-20(24)26-12-19(25)18-10-15(3)23(16(18)4)11-17-8-6-5-7-9-17/h5-10,13-14H,11-12H2,1-4H3. The van der Waals surface area contributed by atoms with Crippen molar-refractivity contribution in [3.63, 3.8) is 0 Å². The predicted molar refractivity (Wildman–Crippen MR) is 105 cm³/mol. The SMILES string of the molecule is Cc1cc(C(=O)CSc2nncn2C(C)C)c(C)n1Cc1ccccc1. The number of thioether (sulfide) groups is 1. The lowest BCUT2D eigenvalue weighted by molar-refractivity contribution is 0.102. The van der Waals surface area contributed by atoms with Crippen LogP contribution in [0.15, 0.2) is 47.9 Å². The maximum Gasteiger partial charge on any atom is 0.191 e. The Labute approximate surface area is 158 Å². The van der Waals surface area contributed by atoms with Crippen molar-refractivity contribution in [1.82, 2.24) is 19.3 Å². The summed E-state index contributed by atoms with van der Waals surface area (Å²) < 4.78 is 4.18. The highest BCUT2D eigenvalue weighted by atomic mass is 32.2. The molecule has 0 radical (unpaired) electrons. The third-order valence-corrected chi connectivity index (χ3v) is 5.44. The van der Waals surface area contributed by atoms with E-state index in [2.05, 4.69) is 47.7 Å². The van der Waals surface area contributed by atoms with E-state index >= 15 is 0 Å². The minimum Gasteiger partial charge on any atom is -0.344 e. The summed E-state index contributed by atoms with van der Waals surface area (Å²) >= 11 is 1.44. The van der Waals surface area contributed by atoms with Crippen molar-refractivity contribution < 1.29 is 4.79 Å². The van der Waals surface area contributed by atoms with Crippen molar-refractivity contribution in [3.05, 3.63) is 65.2 Å². The monoisotopic (exact) mass is 368 g/mol. The Balaban J connectivity index is 1.74. The lowest BCUT2D eigenvalue weighted by Crippen LogP contribution is -2.08. The third-order valence-electron chi connectivity index (χ3n) is 4.49. The number of carbonyl (C=O) groups is 1. The number of rotatable bonds is 7. The molecule has 0 bridgehead atoms. The first kappa shape index (κ1) is 18.5. The van der Waals surface area contributed by atoms with Crippen LogP contribution in [0.2, 0.25) is 0 Å². The quantitative estimate of drug-likeness (QED) is 0.461. The van der Waals surface area contributed by atoms with Crippen LogP contribution < -0.4 is 0 Å². The van der Waals surface area contributed by atoms with Gasteiger partial charge in [0.25, 0.3) is 0 Å². The summed E-state index contributed by atoms with van der Waals surface area (Å²) in [6.45, 7) is 9.00. The fourth-order valence-electron chi connectivity index (χ4n) is 2.99. The zero-order valence-corrected chi connectivity index (χ0v) is 16.5. The van der Waals surface area contributed by atoms with Gasteiger partial charge in [-0.2, -0.15) is 0 Å². The number of ketones is 1. The van der Waals surface area contributed by atoms with Gasteiger partial charge in [0.05, 0.1) is 5.75 Å². The first-order chi connectivity index (χ1) is 12.5. The molecule has 0 fully saturated rings. The Hall–Kier alpha value is -2.34. The first-order valence-corrected chi connectivity index (χ1v) is 9.72. The van der Waals surface area contributed by atoms with Crippen LogP contribution in [0.1, 0.15) is 47.2 Å². The topological polar surface area (TPSA) is 52.7 Å². The molecule has 3 aromatic rings. The van der Waals surface area contributed by atoms with E-state index in [4.69, 9.17) is 0 Å². The molecule has 2 heterocycles. The molecule has 3 rings (SSSR count). The molecule has 0 spiro atoms. The van der Waals surface area contributed by atoms with Crippen LogP contribution in [0.25, 0.3) is 0 Å². The molecule has 5 nitrogen and oxygen atoms in total. The lowest BCUT2D eigenvalue weighted by atomic mass is 10.2. The van der Waals surface area contributed by atoms with Crippen LogP contribution in [0.3, 0.4) is 0 Å². The number of carbonyl (C=O) groups excluding carboxylic acids is 1. The molecule has 0 aliphatic rings. The normalized spacial score (nSPS) is 11.3. The number of hydrogen-bond donors (Lipinski definition) is 0. The van der Waals surface area contributed by atoms with Gasteiger partial charge in [-0.25, -0.2) is 0 Å². The van der Waals surface area contributed by atoms with E-state index in [1.807, 2.05) is 35.8 Å². The highest BCUT2D eigenvalue weighted by Gasteiger charge is 2.17. The van der Waals surface area contributed by atoms with Crippen LogP contribution in [0, 0.1) is 13.8 Å². The van der Waals surface area contributed by atoms with E-state index in [0.717, 1.165) is 28.7 Å². The Kier molecular flexibility index (Phi) is 5.61. The van der Waals surface area contributed by atoms with E-state index in [9.17, 15) is 4.79 Å². The van der Waals surface area contributed by atoms with Gasteiger partial charge < -0.3 is 9.13 Å². The van der Waals surface area contributed by atoms with Crippen LogP contribution in [-0.2, 0) is 6.54 Å². The van der Waals surface area contributed by atoms with E-state index < -0.39 is 0 Å². The average Bonchev–Trinajstić information content (AvgIpc) is 3.21. The predicted octanol–water partition coefficient (Wildman–Crippen LogP) is 4.30. The fourth-order valence-corrected chi connectivity index (χ4v) is 3.92. The molecule has 2 aromatic heterocycles. The van der Waals surface area contributed by atoms with Gasteiger partial charge in [0, 0.05) is 29.5 Å². The molecule has 26 heavy (non-hydrogen) atoms. The van der Waals surface area contributed by atoms with Gasteiger partial charge in [0.1, 0.15) is 6.33 Å². The summed E-state index contributed by atoms with van der Waals surface area (Å²) in [6, 6.07) is 12.6. The van der Waals surface area contributed by atoms with E-state index in [0.29, 0.717) is 5.75 Å². The van der Waals surface area contributed by atoms with Crippen molar-refractivity contribution in [3.8, 4) is 0 Å². The van der Waals surface area contributed by atoms with Crippen molar-refractivity contribution in [2.24, 2.45) is 0 Å². The van der Waals surface area contributed by atoms with Gasteiger partial charge in [-0.1, -0.05) is 42.1 Å². The number of aryl methyl sites for hydroxylation is 1. The summed E-state index contributed by atoms with van der Waals surface area (Å²) in [4.78, 5) is 12.8. The Morgan fingerprint density at radius 2 is 1.92 bits per heavy atom. The van der Waals surface area contributed by atoms with Gasteiger partial charge in [-0.3, -0.25) is 4.79 Å². The van der Waals surface area contributed by atoms with Gasteiger partial charge in [-0.05, 0) is 39.3 Å². The smallest absolute Gasteiger partial charge is 0.191 e. The van der Waals surface area contributed by atoms with E-state index in [1.54, 1.807) is 6.33 Å². The summed E-state index contributed by atoms with van der Waals surface area (Å²) in [7, 11) is 0. The van der Waals surface area contributed by atoms with Crippen molar-refractivity contribution in [1.29, 1.82) is 0 Å². The van der Waals surface area contributed by atoms with Gasteiger partial charge in [-0.15, -0.1) is 10.2 Å². The number of nitrogens with zero attached hydrogens (tertiary/aromatic N) is 4. The maximum atomic E-state index is 12.8. The van der Waals surface area contributed by atoms with Crippen LogP contribution >= 0.6 is 11.8 Å². The van der Waals surface area contributed by atoms with Crippen LogP contribution in [0.4, 0.5) is 0 Å². The molecule has 0 saturated heterocycles. The van der Waals surface area contributed by atoms with E-state index in [-0.39, 0.29) is 11.8 Å². The van der Waals surface area contributed by atoms with Gasteiger partial charge in [0.15, 0.2) is 10.9 Å². The maximum absolute atomic E-state index is 12.8. The first-order valence-electron chi connectivity index (χ1n) is 8.73. The molecule has 136 valence electrons. The number of aromatic nitrogens is 4. The average molecular weight is 369 g/mol.